The fraction of sp³-hybridized carbons (Fsp3) is 0.500. The van der Waals surface area contributed by atoms with Crippen LogP contribution in [0.3, 0.4) is 0 Å². The van der Waals surface area contributed by atoms with Gasteiger partial charge in [0, 0.05) is 24.5 Å². The molecule has 0 aromatic heterocycles. The predicted molar refractivity (Wildman–Crippen MR) is 99.2 cm³/mol. The number of aryl methyl sites for hydroxylation is 2. The third-order valence-corrected chi connectivity index (χ3v) is 5.31. The molecule has 0 saturated carbocycles. The summed E-state index contributed by atoms with van der Waals surface area (Å²) in [6.07, 6.45) is 0.978. The Morgan fingerprint density at radius 2 is 2.14 bits per heavy atom. The van der Waals surface area contributed by atoms with Crippen molar-refractivity contribution in [1.29, 1.82) is 0 Å². The Bertz CT molecular complexity index is 542. The number of aliphatic imine (C=N–C) groups is 1. The molecule has 0 radical (unpaired) electrons. The third kappa shape index (κ3) is 5.02. The van der Waals surface area contributed by atoms with Gasteiger partial charge in [0.15, 0.2) is 5.17 Å². The molecule has 1 atom stereocenters. The number of benzene rings is 1. The zero-order chi connectivity index (χ0) is 15.9. The molecule has 1 unspecified atom stereocenters. The van der Waals surface area contributed by atoms with E-state index < -0.39 is 0 Å². The molecule has 0 aliphatic carbocycles. The minimum absolute atomic E-state index is 0.0457. The summed E-state index contributed by atoms with van der Waals surface area (Å²) in [5.41, 5.74) is 3.64. The van der Waals surface area contributed by atoms with Crippen LogP contribution in [0, 0.1) is 19.8 Å². The Balaban J connectivity index is 1.83. The minimum Gasteiger partial charge on any atom is -0.355 e. The Morgan fingerprint density at radius 3 is 2.73 bits per heavy atom. The van der Waals surface area contributed by atoms with Gasteiger partial charge < -0.3 is 10.6 Å². The summed E-state index contributed by atoms with van der Waals surface area (Å²) >= 11 is 4.91. The number of amidine groups is 1. The van der Waals surface area contributed by atoms with Gasteiger partial charge in [-0.3, -0.25) is 9.79 Å². The molecule has 22 heavy (non-hydrogen) atoms. The normalized spacial score (nSPS) is 17.8. The van der Waals surface area contributed by atoms with Gasteiger partial charge >= 0.3 is 0 Å². The number of halogens is 1. The van der Waals surface area contributed by atoms with Crippen LogP contribution >= 0.6 is 27.7 Å². The van der Waals surface area contributed by atoms with E-state index in [0.717, 1.165) is 36.1 Å². The monoisotopic (exact) mass is 383 g/mol. The summed E-state index contributed by atoms with van der Waals surface area (Å²) in [6, 6.07) is 6.29. The van der Waals surface area contributed by atoms with E-state index in [1.165, 1.54) is 11.1 Å². The maximum absolute atomic E-state index is 11.2. The molecule has 0 bridgehead atoms. The van der Waals surface area contributed by atoms with Crippen LogP contribution < -0.4 is 10.6 Å². The molecule has 4 nitrogen and oxygen atoms in total. The van der Waals surface area contributed by atoms with Crippen LogP contribution in [0.15, 0.2) is 23.2 Å². The standard InChI is InChI=1S/C16H22BrN3OS/c1-11-4-3-5-12(2)15(11)20-16-19-9-13(10-22-16)6-7-18-14(21)8-17/h3-5,13H,6-10H2,1-2H3,(H,18,21)(H,19,20). The van der Waals surface area contributed by atoms with E-state index in [1.54, 1.807) is 11.8 Å². The van der Waals surface area contributed by atoms with Crippen molar-refractivity contribution in [1.82, 2.24) is 5.32 Å². The number of para-hydroxylation sites is 1. The summed E-state index contributed by atoms with van der Waals surface area (Å²) < 4.78 is 0. The highest BCUT2D eigenvalue weighted by molar-refractivity contribution is 9.09. The van der Waals surface area contributed by atoms with E-state index in [1.807, 2.05) is 0 Å². The van der Waals surface area contributed by atoms with Crippen molar-refractivity contribution in [3.8, 4) is 0 Å². The van der Waals surface area contributed by atoms with Crippen LogP contribution in [0.5, 0.6) is 0 Å². The van der Waals surface area contributed by atoms with Gasteiger partial charge in [-0.1, -0.05) is 45.9 Å². The highest BCUT2D eigenvalue weighted by Gasteiger charge is 2.17. The molecule has 0 spiro atoms. The number of nitrogens with one attached hydrogen (secondary N) is 2. The van der Waals surface area contributed by atoms with Gasteiger partial charge in [0.05, 0.1) is 5.33 Å². The van der Waals surface area contributed by atoms with Crippen LogP contribution in [-0.4, -0.2) is 35.2 Å². The Kier molecular flexibility index (Phi) is 6.76. The van der Waals surface area contributed by atoms with Gasteiger partial charge in [0.25, 0.3) is 0 Å². The second-order valence-corrected chi connectivity index (χ2v) is 7.06. The summed E-state index contributed by atoms with van der Waals surface area (Å²) in [7, 11) is 0. The fourth-order valence-corrected chi connectivity index (χ4v) is 3.54. The summed E-state index contributed by atoms with van der Waals surface area (Å²) in [5.74, 6) is 1.62. The first-order valence-electron chi connectivity index (χ1n) is 7.43. The third-order valence-electron chi connectivity index (χ3n) is 3.66. The lowest BCUT2D eigenvalue weighted by Gasteiger charge is -2.22. The topological polar surface area (TPSA) is 53.5 Å². The lowest BCUT2D eigenvalue weighted by atomic mass is 10.1. The van der Waals surface area contributed by atoms with Crippen LogP contribution in [0.2, 0.25) is 0 Å². The minimum atomic E-state index is 0.0457. The smallest absolute Gasteiger partial charge is 0.230 e. The molecule has 1 heterocycles. The van der Waals surface area contributed by atoms with Crippen molar-refractivity contribution in [2.45, 2.75) is 20.3 Å². The second-order valence-electron chi connectivity index (χ2n) is 5.49. The van der Waals surface area contributed by atoms with Gasteiger partial charge in [-0.25, -0.2) is 0 Å². The number of thioether (sulfide) groups is 1. The molecule has 1 aromatic rings. The Labute approximate surface area is 144 Å². The maximum Gasteiger partial charge on any atom is 0.230 e. The molecule has 0 fully saturated rings. The van der Waals surface area contributed by atoms with E-state index in [2.05, 4.69) is 63.6 Å². The molecule has 2 N–H and O–H groups in total. The first kappa shape index (κ1) is 17.3. The SMILES string of the molecule is Cc1cccc(C)c1NC1=NCC(CCNC(=O)CBr)CS1. The van der Waals surface area contributed by atoms with Crippen molar-refractivity contribution >= 4 is 44.5 Å². The fourth-order valence-electron chi connectivity index (χ4n) is 2.34. The lowest BCUT2D eigenvalue weighted by molar-refractivity contribution is -0.118. The van der Waals surface area contributed by atoms with E-state index in [4.69, 9.17) is 0 Å². The molecule has 1 aliphatic heterocycles. The number of alkyl halides is 1. The van der Waals surface area contributed by atoms with Crippen molar-refractivity contribution in [3.05, 3.63) is 29.3 Å². The van der Waals surface area contributed by atoms with Crippen LogP contribution in [0.25, 0.3) is 0 Å². The van der Waals surface area contributed by atoms with Crippen molar-refractivity contribution in [3.63, 3.8) is 0 Å². The van der Waals surface area contributed by atoms with Crippen molar-refractivity contribution < 1.29 is 4.79 Å². The van der Waals surface area contributed by atoms with Crippen molar-refractivity contribution in [2.24, 2.45) is 10.9 Å². The summed E-state index contributed by atoms with van der Waals surface area (Å²) in [4.78, 5) is 15.8. The quantitative estimate of drug-likeness (QED) is 0.766. The second kappa shape index (κ2) is 8.58. The van der Waals surface area contributed by atoms with Gasteiger partial charge in [0.2, 0.25) is 5.91 Å². The average molecular weight is 384 g/mol. The lowest BCUT2D eigenvalue weighted by Crippen LogP contribution is -2.29. The number of nitrogens with zero attached hydrogens (tertiary/aromatic N) is 1. The number of anilines is 1. The van der Waals surface area contributed by atoms with E-state index in [0.29, 0.717) is 11.2 Å². The Hall–Kier alpha value is -1.01. The van der Waals surface area contributed by atoms with Crippen LogP contribution in [-0.2, 0) is 4.79 Å². The van der Waals surface area contributed by atoms with Gasteiger partial charge in [0.1, 0.15) is 0 Å². The zero-order valence-corrected chi connectivity index (χ0v) is 15.4. The first-order chi connectivity index (χ1) is 10.6. The molecular weight excluding hydrogens is 362 g/mol. The number of rotatable bonds is 5. The van der Waals surface area contributed by atoms with Crippen molar-refractivity contribution in [2.75, 3.05) is 29.5 Å². The van der Waals surface area contributed by atoms with E-state index in [-0.39, 0.29) is 5.91 Å². The largest absolute Gasteiger partial charge is 0.355 e. The molecule has 0 saturated heterocycles. The van der Waals surface area contributed by atoms with Gasteiger partial charge in [-0.05, 0) is 37.3 Å². The molecule has 6 heteroatoms. The number of hydrogen-bond acceptors (Lipinski definition) is 4. The highest BCUT2D eigenvalue weighted by Crippen LogP contribution is 2.25. The highest BCUT2D eigenvalue weighted by atomic mass is 79.9. The zero-order valence-electron chi connectivity index (χ0n) is 13.0. The van der Waals surface area contributed by atoms with E-state index >= 15 is 0 Å². The summed E-state index contributed by atoms with van der Waals surface area (Å²) in [6.45, 7) is 5.77. The molecule has 2 rings (SSSR count). The first-order valence-corrected chi connectivity index (χ1v) is 9.54. The molecule has 1 aliphatic rings. The number of hydrogen-bond donors (Lipinski definition) is 2. The maximum atomic E-state index is 11.2. The molecule has 1 aromatic carbocycles. The summed E-state index contributed by atoms with van der Waals surface area (Å²) in [5, 5.41) is 7.71. The number of carbonyl (C=O) groups excluding carboxylic acids is 1. The number of amides is 1. The average Bonchev–Trinajstić information content (AvgIpc) is 2.52. The predicted octanol–water partition coefficient (Wildman–Crippen LogP) is 3.34. The molecule has 1 amide bonds. The van der Waals surface area contributed by atoms with Gasteiger partial charge in [-0.2, -0.15) is 0 Å². The van der Waals surface area contributed by atoms with Crippen LogP contribution in [0.1, 0.15) is 17.5 Å². The van der Waals surface area contributed by atoms with Gasteiger partial charge in [-0.15, -0.1) is 0 Å². The molecule has 120 valence electrons. The van der Waals surface area contributed by atoms with E-state index in [9.17, 15) is 4.79 Å². The Morgan fingerprint density at radius 1 is 1.41 bits per heavy atom. The molecular formula is C16H22BrN3OS. The number of carbonyl (C=O) groups is 1. The van der Waals surface area contributed by atoms with Crippen LogP contribution in [0.4, 0.5) is 5.69 Å².